The zero-order valence-corrected chi connectivity index (χ0v) is 78.7. The van der Waals surface area contributed by atoms with Gasteiger partial charge >= 0.3 is 7.12 Å². The van der Waals surface area contributed by atoms with E-state index in [-0.39, 0.29) is 140 Å². The van der Waals surface area contributed by atoms with Crippen LogP contribution in [-0.4, -0.2) is 17.2 Å². The van der Waals surface area contributed by atoms with Crippen molar-refractivity contribution in [2.45, 2.75) is 0 Å². The molecule has 2 N–H and O–H groups in total. The summed E-state index contributed by atoms with van der Waals surface area (Å²) >= 11 is 3.22. The number of benzene rings is 22. The molecule has 0 aliphatic rings. The predicted molar refractivity (Wildman–Crippen MR) is 579 cm³/mol. The van der Waals surface area contributed by atoms with E-state index in [1.54, 1.807) is 18.2 Å². The standard InChI is InChI=1S/C24H16.C18H15P.C14H9Br.4C12H10.C10H9BO2.C6H5.3H3P.Pd/c1-2-8-18-15-21(14-13-17(18)7-1)24-22-11-5-3-9-19(22)16-20-10-4-6-12-23(20)24;1-4-10-16(11-5-1)19(17-12-6-2-7-13-17)18-14-8-3-9-15-18;15-14-12-7-3-1-5-10(12)9-11-6-2-4-8-13(11)14;4*1-3-7-11(8-4-1)12-9-5-2-6-10-12;12-11(13)10-6-5-8-3-1-2-4-9(8)7-10;1-2-4-6-5-3-1;;;;/h1-16H;1-15H;1-9H;4*1-10H;1-7,12-13H;1-5H;3*1H3;/q;;;;;;;;-1;;;;/i3D,4D,5D,6D,9D,10D,11D,12D,16D;;1D,2D,3D,4D,5D,6D,7D,8D,9D;;;;;;;;;;. The van der Waals surface area contributed by atoms with E-state index in [1.165, 1.54) is 60.4 Å². The number of halogens is 1. The van der Waals surface area contributed by atoms with Crippen molar-refractivity contribution in [1.82, 2.24) is 0 Å². The van der Waals surface area contributed by atoms with Gasteiger partial charge in [0.2, 0.25) is 0 Å². The van der Waals surface area contributed by atoms with E-state index in [2.05, 4.69) is 307 Å². The number of hydrogen-bond acceptors (Lipinski definition) is 2. The summed E-state index contributed by atoms with van der Waals surface area (Å²) in [4.78, 5) is 0. The van der Waals surface area contributed by atoms with Gasteiger partial charge in [0.15, 0.2) is 0 Å². The third-order valence-electron chi connectivity index (χ3n) is 19.5. The van der Waals surface area contributed by atoms with Crippen LogP contribution in [0.5, 0.6) is 0 Å². The van der Waals surface area contributed by atoms with Gasteiger partial charge in [0.05, 0.1) is 24.7 Å². The van der Waals surface area contributed by atoms with E-state index < -0.39 is 87.5 Å². The molecule has 3 atom stereocenters. The van der Waals surface area contributed by atoms with Crippen LogP contribution in [0.15, 0.2) is 562 Å². The molecule has 0 fully saturated rings. The van der Waals surface area contributed by atoms with Gasteiger partial charge in [0.1, 0.15) is 0 Å². The zero-order chi connectivity index (χ0) is 101. The topological polar surface area (TPSA) is 40.5 Å². The molecule has 636 valence electrons. The Morgan fingerprint density at radius 2 is 0.465 bits per heavy atom. The van der Waals surface area contributed by atoms with Gasteiger partial charge in [-0.3, -0.25) is 0 Å². The Balaban J connectivity index is 0.000000175. The smallest absolute Gasteiger partial charge is 0.423 e. The fraction of sp³-hybridized carbons (Fsp3) is 0. The largest absolute Gasteiger partial charge is 0.488 e. The Morgan fingerprint density at radius 3 is 0.736 bits per heavy atom. The molecule has 0 spiro atoms. The van der Waals surface area contributed by atoms with Crippen LogP contribution >= 0.6 is 53.5 Å². The minimum atomic E-state index is -1.38. The van der Waals surface area contributed by atoms with Crippen molar-refractivity contribution in [1.29, 1.82) is 0 Å². The molecule has 0 aliphatic carbocycles. The summed E-state index contributed by atoms with van der Waals surface area (Å²) in [6, 6.07) is 147. The molecule has 0 saturated heterocycles. The maximum absolute atomic E-state index is 8.94. The molecule has 0 aliphatic heterocycles. The molecule has 0 heterocycles. The molecule has 9 heteroatoms. The Kier molecular flexibility index (Phi) is 31.4. The van der Waals surface area contributed by atoms with Crippen molar-refractivity contribution < 1.29 is 55.1 Å². The third-order valence-corrected chi connectivity index (χ3v) is 22.7. The molecule has 0 radical (unpaired) electrons. The minimum absolute atomic E-state index is 0. The maximum atomic E-state index is 8.94. The number of fused-ring (bicyclic) bond motifs is 6. The third kappa shape index (κ3) is 29.1. The van der Waals surface area contributed by atoms with Crippen molar-refractivity contribution in [3.05, 3.63) is 568 Å². The quantitative estimate of drug-likeness (QED) is 0.0654. The summed E-state index contributed by atoms with van der Waals surface area (Å²) in [6.45, 7) is 0. The Labute approximate surface area is 820 Å². The van der Waals surface area contributed by atoms with Crippen molar-refractivity contribution >= 4 is 147 Å². The first-order valence-corrected chi connectivity index (χ1v) is 42.6. The average molecular weight is 1920 g/mol. The van der Waals surface area contributed by atoms with Gasteiger partial charge in [-0.2, -0.15) is 66.1 Å². The van der Waals surface area contributed by atoms with E-state index in [1.807, 2.05) is 146 Å². The van der Waals surface area contributed by atoms with Crippen LogP contribution in [0.25, 0.3) is 120 Å². The predicted octanol–water partition coefficient (Wildman–Crippen LogP) is 30.6. The Bertz CT molecular complexity index is 7260. The molecule has 0 amide bonds. The second kappa shape index (κ2) is 53.8. The minimum Gasteiger partial charge on any atom is -0.423 e. The van der Waals surface area contributed by atoms with Gasteiger partial charge in [0, 0.05) is 24.9 Å². The molecule has 22 aromatic carbocycles. The molecule has 3 unspecified atom stereocenters. The van der Waals surface area contributed by atoms with E-state index >= 15 is 0 Å². The summed E-state index contributed by atoms with van der Waals surface area (Å²) in [5.41, 5.74) is 11.5. The van der Waals surface area contributed by atoms with Gasteiger partial charge in [-0.25, -0.2) is 0 Å². The normalized spacial score (nSPS) is 11.9. The Hall–Kier alpha value is -12.8. The van der Waals surface area contributed by atoms with E-state index in [4.69, 9.17) is 34.7 Å². The van der Waals surface area contributed by atoms with E-state index in [0.717, 1.165) is 21.5 Å². The van der Waals surface area contributed by atoms with Gasteiger partial charge in [0.25, 0.3) is 0 Å². The van der Waals surface area contributed by atoms with Crippen LogP contribution in [0.2, 0.25) is 0 Å². The summed E-state index contributed by atoms with van der Waals surface area (Å²) in [7, 11) is -1.83. The van der Waals surface area contributed by atoms with Crippen molar-refractivity contribution in [2.24, 2.45) is 0 Å². The van der Waals surface area contributed by atoms with Crippen LogP contribution in [-0.2, 0) is 20.4 Å². The molecule has 2 nitrogen and oxygen atoms in total. The summed E-state index contributed by atoms with van der Waals surface area (Å²) in [6.07, 6.45) is 0. The number of rotatable bonds is 9. The van der Waals surface area contributed by atoms with Crippen LogP contribution in [0, 0.1) is 6.07 Å². The van der Waals surface area contributed by atoms with Crippen molar-refractivity contribution in [3.63, 3.8) is 0 Å². The van der Waals surface area contributed by atoms with Crippen LogP contribution in [0.1, 0.15) is 24.7 Å². The van der Waals surface area contributed by atoms with Crippen molar-refractivity contribution in [2.75, 3.05) is 0 Å². The first kappa shape index (κ1) is 75.2. The Morgan fingerprint density at radius 1 is 0.233 bits per heavy atom. The molecule has 22 rings (SSSR count). The molecular formula is C120H103BBrO2P4Pd-. The maximum Gasteiger partial charge on any atom is 0.488 e. The van der Waals surface area contributed by atoms with E-state index in [0.29, 0.717) is 11.0 Å². The van der Waals surface area contributed by atoms with Crippen LogP contribution in [0.3, 0.4) is 0 Å². The average Bonchev–Trinajstić information content (AvgIpc) is 0.719. The van der Waals surface area contributed by atoms with E-state index in [9.17, 15) is 0 Å². The molecule has 129 heavy (non-hydrogen) atoms. The second-order valence-corrected chi connectivity index (χ2v) is 30.8. The monoisotopic (exact) mass is 1910 g/mol. The molecule has 0 bridgehead atoms. The SMILES string of the molecule is OB(O)c1ccc2ccccc2c1.P.P.P.[2H]c1c([2H])c([2H])c2c(-c3ccc4ccccc4c3)c3c([2H])c([2H])c([2H])c([2H])c3c([2H])c2c1[2H].[2H]c1c([2H])c([2H])c2c(Br)c3c([2H])c([2H])c([2H])c([2H])c3c([2H])c2c1[2H].[Pd].[c-]1ccccc1.c1ccc(-c2ccccc2)cc1.c1ccc(-c2ccccc2)cc1.c1ccc(-c2ccccc2)cc1.c1ccc(-c2ccccc2)cc1.c1ccc(P(c2ccccc2)c2ccccc2)cc1. The van der Waals surface area contributed by atoms with Crippen molar-refractivity contribution in [3.8, 4) is 55.6 Å². The van der Waals surface area contributed by atoms with Crippen LogP contribution < -0.4 is 21.4 Å². The molecule has 22 aromatic rings. The number of hydrogen-bond donors (Lipinski definition) is 2. The molecule has 0 aromatic heterocycles. The summed E-state index contributed by atoms with van der Waals surface area (Å²) in [5, 5.41) is 25.9. The fourth-order valence-corrected chi connectivity index (χ4v) is 16.3. The summed E-state index contributed by atoms with van der Waals surface area (Å²) < 4.78 is 147. The molecule has 0 saturated carbocycles. The zero-order valence-electron chi connectivity index (χ0n) is 88.5. The first-order valence-electron chi connectivity index (χ1n) is 49.5. The second-order valence-electron chi connectivity index (χ2n) is 27.8. The van der Waals surface area contributed by atoms with Crippen LogP contribution in [0.4, 0.5) is 0 Å². The van der Waals surface area contributed by atoms with Gasteiger partial charge in [-0.05, 0) is 184 Å². The van der Waals surface area contributed by atoms with Gasteiger partial charge in [-0.1, -0.05) is 509 Å². The first-order chi connectivity index (χ1) is 69.3. The fourth-order valence-electron chi connectivity index (χ4n) is 13.4. The van der Waals surface area contributed by atoms with Gasteiger partial charge < -0.3 is 10.0 Å². The van der Waals surface area contributed by atoms with Gasteiger partial charge in [-0.15, -0.1) is 0 Å². The summed E-state index contributed by atoms with van der Waals surface area (Å²) in [5.74, 6) is 0. The molecular weight excluding hydrogens is 1790 g/mol.